The van der Waals surface area contributed by atoms with Crippen molar-refractivity contribution in [1.29, 1.82) is 0 Å². The van der Waals surface area contributed by atoms with Crippen molar-refractivity contribution in [3.05, 3.63) is 0 Å². The molecule has 1 saturated heterocycles. The molecule has 0 bridgehead atoms. The molecule has 1 aliphatic rings. The summed E-state index contributed by atoms with van der Waals surface area (Å²) < 4.78 is 0. The first kappa shape index (κ1) is 15.5. The van der Waals surface area contributed by atoms with Gasteiger partial charge in [-0.1, -0.05) is 13.3 Å². The summed E-state index contributed by atoms with van der Waals surface area (Å²) in [6.07, 6.45) is 3.74. The number of amides is 3. The molecule has 19 heavy (non-hydrogen) atoms. The Kier molecular flexibility index (Phi) is 6.32. The summed E-state index contributed by atoms with van der Waals surface area (Å²) in [6, 6.07) is -0.396. The molecule has 0 spiro atoms. The highest BCUT2D eigenvalue weighted by Crippen LogP contribution is 2.20. The van der Waals surface area contributed by atoms with Crippen molar-refractivity contribution in [3.8, 4) is 0 Å². The van der Waals surface area contributed by atoms with Gasteiger partial charge in [0.2, 0.25) is 5.91 Å². The number of rotatable bonds is 4. The fraction of sp³-hybridized carbons (Fsp3) is 0.769. The molecule has 0 saturated carbocycles. The van der Waals surface area contributed by atoms with Gasteiger partial charge in [0.15, 0.2) is 0 Å². The Labute approximate surface area is 113 Å². The number of urea groups is 1. The number of nitrogens with zero attached hydrogens (tertiary/aromatic N) is 1. The van der Waals surface area contributed by atoms with E-state index < -0.39 is 17.9 Å². The number of carboxylic acids is 1. The summed E-state index contributed by atoms with van der Waals surface area (Å²) in [5.74, 6) is -0.910. The van der Waals surface area contributed by atoms with Crippen molar-refractivity contribution >= 4 is 17.9 Å². The number of aliphatic carboxylic acids is 1. The van der Waals surface area contributed by atoms with Crippen molar-refractivity contribution in [2.75, 3.05) is 13.1 Å². The molecule has 1 fully saturated rings. The number of likely N-dealkylation sites (tertiary alicyclic amines) is 1. The minimum Gasteiger partial charge on any atom is -0.481 e. The zero-order valence-electron chi connectivity index (χ0n) is 11.4. The summed E-state index contributed by atoms with van der Waals surface area (Å²) in [7, 11) is 0. The van der Waals surface area contributed by atoms with E-state index in [1.807, 2.05) is 0 Å². The standard InChI is InChI=1S/C13H22N2O4/c1-2-10-4-3-8-15(9-7-10)13(19)14-11(16)5-6-12(17)18/h10H,2-9H2,1H3,(H,17,18)(H,14,16,19). The van der Waals surface area contributed by atoms with E-state index in [2.05, 4.69) is 12.2 Å². The fourth-order valence-corrected chi connectivity index (χ4v) is 2.26. The minimum atomic E-state index is -1.04. The second-order valence-corrected chi connectivity index (χ2v) is 4.94. The van der Waals surface area contributed by atoms with Crippen LogP contribution >= 0.6 is 0 Å². The average Bonchev–Trinajstić information content (AvgIpc) is 2.61. The SMILES string of the molecule is CCC1CCCN(C(=O)NC(=O)CCC(=O)O)CC1. The molecular formula is C13H22N2O4. The maximum atomic E-state index is 11.8. The van der Waals surface area contributed by atoms with Crippen molar-refractivity contribution < 1.29 is 19.5 Å². The number of carbonyl (C=O) groups excluding carboxylic acids is 2. The summed E-state index contributed by atoms with van der Waals surface area (Å²) in [5, 5.41) is 10.7. The smallest absolute Gasteiger partial charge is 0.324 e. The lowest BCUT2D eigenvalue weighted by atomic mass is 9.98. The first-order valence-corrected chi connectivity index (χ1v) is 6.83. The van der Waals surface area contributed by atoms with Crippen LogP contribution in [0.3, 0.4) is 0 Å². The van der Waals surface area contributed by atoms with Crippen LogP contribution < -0.4 is 5.32 Å². The maximum absolute atomic E-state index is 11.8. The van der Waals surface area contributed by atoms with Gasteiger partial charge in [-0.15, -0.1) is 0 Å². The quantitative estimate of drug-likeness (QED) is 0.812. The largest absolute Gasteiger partial charge is 0.481 e. The average molecular weight is 270 g/mol. The molecule has 6 heteroatoms. The van der Waals surface area contributed by atoms with Crippen LogP contribution in [0.1, 0.15) is 45.4 Å². The van der Waals surface area contributed by atoms with Crippen LogP contribution in [0, 0.1) is 5.92 Å². The Morgan fingerprint density at radius 2 is 1.95 bits per heavy atom. The zero-order chi connectivity index (χ0) is 14.3. The number of hydrogen-bond acceptors (Lipinski definition) is 3. The summed E-state index contributed by atoms with van der Waals surface area (Å²) >= 11 is 0. The van der Waals surface area contributed by atoms with Crippen molar-refractivity contribution in [3.63, 3.8) is 0 Å². The predicted molar refractivity (Wildman–Crippen MR) is 69.6 cm³/mol. The lowest BCUT2D eigenvalue weighted by molar-refractivity contribution is -0.138. The van der Waals surface area contributed by atoms with E-state index in [4.69, 9.17) is 5.11 Å². The van der Waals surface area contributed by atoms with Gasteiger partial charge < -0.3 is 10.0 Å². The Bertz CT molecular complexity index is 344. The highest BCUT2D eigenvalue weighted by Gasteiger charge is 2.21. The van der Waals surface area contributed by atoms with E-state index in [9.17, 15) is 14.4 Å². The van der Waals surface area contributed by atoms with Gasteiger partial charge in [0.25, 0.3) is 0 Å². The molecule has 6 nitrogen and oxygen atoms in total. The lowest BCUT2D eigenvalue weighted by Gasteiger charge is -2.20. The normalized spacial score (nSPS) is 19.6. The van der Waals surface area contributed by atoms with Crippen LogP contribution in [0.25, 0.3) is 0 Å². The third-order valence-corrected chi connectivity index (χ3v) is 3.52. The van der Waals surface area contributed by atoms with Crippen LogP contribution in [0.2, 0.25) is 0 Å². The van der Waals surface area contributed by atoms with Gasteiger partial charge in [0.05, 0.1) is 6.42 Å². The van der Waals surface area contributed by atoms with Crippen LogP contribution in [0.15, 0.2) is 0 Å². The molecule has 0 aromatic rings. The Hall–Kier alpha value is -1.59. The van der Waals surface area contributed by atoms with Gasteiger partial charge >= 0.3 is 12.0 Å². The van der Waals surface area contributed by atoms with E-state index in [1.165, 1.54) is 0 Å². The molecule has 1 rings (SSSR count). The van der Waals surface area contributed by atoms with Gasteiger partial charge in [0.1, 0.15) is 0 Å². The van der Waals surface area contributed by atoms with E-state index in [0.717, 1.165) is 25.7 Å². The number of carboxylic acid groups (broad SMARTS) is 1. The van der Waals surface area contributed by atoms with E-state index in [0.29, 0.717) is 19.0 Å². The molecule has 0 radical (unpaired) electrons. The van der Waals surface area contributed by atoms with Gasteiger partial charge in [-0.25, -0.2) is 4.79 Å². The Balaban J connectivity index is 2.36. The molecule has 0 aromatic heterocycles. The van der Waals surface area contributed by atoms with Crippen molar-refractivity contribution in [2.45, 2.75) is 45.4 Å². The predicted octanol–water partition coefficient (Wildman–Crippen LogP) is 1.60. The van der Waals surface area contributed by atoms with Crippen molar-refractivity contribution in [1.82, 2.24) is 10.2 Å². The van der Waals surface area contributed by atoms with Gasteiger partial charge in [-0.3, -0.25) is 14.9 Å². The van der Waals surface area contributed by atoms with Crippen molar-refractivity contribution in [2.24, 2.45) is 5.92 Å². The highest BCUT2D eigenvalue weighted by molar-refractivity contribution is 5.95. The lowest BCUT2D eigenvalue weighted by Crippen LogP contribution is -2.43. The van der Waals surface area contributed by atoms with Crippen LogP contribution in [-0.2, 0) is 9.59 Å². The molecule has 2 N–H and O–H groups in total. The third-order valence-electron chi connectivity index (χ3n) is 3.52. The molecular weight excluding hydrogens is 248 g/mol. The maximum Gasteiger partial charge on any atom is 0.324 e. The van der Waals surface area contributed by atoms with E-state index >= 15 is 0 Å². The number of nitrogens with one attached hydrogen (secondary N) is 1. The first-order valence-electron chi connectivity index (χ1n) is 6.83. The molecule has 1 unspecified atom stereocenters. The molecule has 1 aliphatic heterocycles. The van der Waals surface area contributed by atoms with Gasteiger partial charge in [0, 0.05) is 19.5 Å². The van der Waals surface area contributed by atoms with E-state index in [1.54, 1.807) is 4.90 Å². The summed E-state index contributed by atoms with van der Waals surface area (Å²) in [4.78, 5) is 35.2. The number of hydrogen-bond donors (Lipinski definition) is 2. The Morgan fingerprint density at radius 1 is 1.21 bits per heavy atom. The second-order valence-electron chi connectivity index (χ2n) is 4.94. The fourth-order valence-electron chi connectivity index (χ4n) is 2.26. The molecule has 0 aromatic carbocycles. The zero-order valence-corrected chi connectivity index (χ0v) is 11.4. The Morgan fingerprint density at radius 3 is 2.58 bits per heavy atom. The molecule has 108 valence electrons. The third kappa shape index (κ3) is 5.72. The van der Waals surface area contributed by atoms with Crippen LogP contribution in [-0.4, -0.2) is 41.0 Å². The first-order chi connectivity index (χ1) is 9.02. The minimum absolute atomic E-state index is 0.160. The highest BCUT2D eigenvalue weighted by atomic mass is 16.4. The molecule has 3 amide bonds. The number of carbonyl (C=O) groups is 3. The molecule has 1 atom stereocenters. The van der Waals surface area contributed by atoms with Gasteiger partial charge in [-0.05, 0) is 25.2 Å². The molecule has 1 heterocycles. The summed E-state index contributed by atoms with van der Waals surface area (Å²) in [5.41, 5.74) is 0. The summed E-state index contributed by atoms with van der Waals surface area (Å²) in [6.45, 7) is 3.47. The van der Waals surface area contributed by atoms with E-state index in [-0.39, 0.29) is 12.8 Å². The number of imide groups is 1. The van der Waals surface area contributed by atoms with Crippen LogP contribution in [0.5, 0.6) is 0 Å². The monoisotopic (exact) mass is 270 g/mol. The molecule has 0 aliphatic carbocycles. The van der Waals surface area contributed by atoms with Crippen LogP contribution in [0.4, 0.5) is 4.79 Å². The van der Waals surface area contributed by atoms with Gasteiger partial charge in [-0.2, -0.15) is 0 Å². The second kappa shape index (κ2) is 7.76. The topological polar surface area (TPSA) is 86.7 Å².